The van der Waals surface area contributed by atoms with E-state index in [1.54, 1.807) is 29.4 Å². The summed E-state index contributed by atoms with van der Waals surface area (Å²) in [6.45, 7) is 0. The Morgan fingerprint density at radius 3 is 2.70 bits per heavy atom. The molecule has 1 N–H and O–H groups in total. The molecule has 5 heteroatoms. The number of hydrogen-bond acceptors (Lipinski definition) is 3. The SMILES string of the molecule is O=C1CC(=O)N(c2cccnc2)c2ccc3ccccc3c2N1. The number of nitrogens with one attached hydrogen (secondary N) is 1. The van der Waals surface area contributed by atoms with Gasteiger partial charge in [0.05, 0.1) is 23.3 Å². The Hall–Kier alpha value is -3.21. The zero-order chi connectivity index (χ0) is 15.8. The number of carbonyl (C=O) groups excluding carboxylic acids is 2. The number of rotatable bonds is 1. The first-order valence-electron chi connectivity index (χ1n) is 7.28. The summed E-state index contributed by atoms with van der Waals surface area (Å²) in [5.41, 5.74) is 1.96. The lowest BCUT2D eigenvalue weighted by Crippen LogP contribution is -2.26. The average Bonchev–Trinajstić information content (AvgIpc) is 2.70. The van der Waals surface area contributed by atoms with Gasteiger partial charge in [-0.25, -0.2) is 0 Å². The van der Waals surface area contributed by atoms with Crippen LogP contribution in [-0.2, 0) is 9.59 Å². The van der Waals surface area contributed by atoms with Crippen molar-refractivity contribution in [2.24, 2.45) is 0 Å². The normalized spacial score (nSPS) is 14.3. The molecule has 112 valence electrons. The van der Waals surface area contributed by atoms with Crippen molar-refractivity contribution in [3.05, 3.63) is 60.9 Å². The number of amides is 2. The summed E-state index contributed by atoms with van der Waals surface area (Å²) >= 11 is 0. The third-order valence-electron chi connectivity index (χ3n) is 3.88. The molecule has 4 rings (SSSR count). The van der Waals surface area contributed by atoms with Crippen LogP contribution in [0.2, 0.25) is 0 Å². The molecular weight excluding hydrogens is 290 g/mol. The van der Waals surface area contributed by atoms with Gasteiger partial charge in [-0.05, 0) is 23.6 Å². The van der Waals surface area contributed by atoms with Crippen LogP contribution in [0.5, 0.6) is 0 Å². The van der Waals surface area contributed by atoms with Gasteiger partial charge in [0.15, 0.2) is 0 Å². The summed E-state index contributed by atoms with van der Waals surface area (Å²) in [5.74, 6) is -0.580. The average molecular weight is 303 g/mol. The van der Waals surface area contributed by atoms with Gasteiger partial charge in [0, 0.05) is 11.6 Å². The Kier molecular flexibility index (Phi) is 3.05. The lowest BCUT2D eigenvalue weighted by atomic mass is 10.1. The standard InChI is InChI=1S/C18H13N3O2/c22-16-10-17(23)21(13-5-3-9-19-11-13)15-8-7-12-4-1-2-6-14(12)18(15)20-16/h1-9,11H,10H2,(H,20,22). The Balaban J connectivity index is 2.01. The minimum Gasteiger partial charge on any atom is -0.323 e. The van der Waals surface area contributed by atoms with E-state index in [0.29, 0.717) is 17.1 Å². The largest absolute Gasteiger partial charge is 0.323 e. The van der Waals surface area contributed by atoms with Crippen molar-refractivity contribution >= 4 is 39.6 Å². The molecule has 1 aliphatic rings. The van der Waals surface area contributed by atoms with E-state index in [9.17, 15) is 9.59 Å². The van der Waals surface area contributed by atoms with E-state index >= 15 is 0 Å². The highest BCUT2D eigenvalue weighted by Gasteiger charge is 2.28. The molecule has 0 bridgehead atoms. The molecular formula is C18H13N3O2. The summed E-state index contributed by atoms with van der Waals surface area (Å²) < 4.78 is 0. The van der Waals surface area contributed by atoms with Crippen LogP contribution in [0.3, 0.4) is 0 Å². The molecule has 0 fully saturated rings. The van der Waals surface area contributed by atoms with Crippen molar-refractivity contribution in [3.8, 4) is 0 Å². The summed E-state index contributed by atoms with van der Waals surface area (Å²) in [5, 5.41) is 4.78. The van der Waals surface area contributed by atoms with Gasteiger partial charge in [0.25, 0.3) is 0 Å². The maximum Gasteiger partial charge on any atom is 0.241 e. The van der Waals surface area contributed by atoms with Crippen molar-refractivity contribution < 1.29 is 9.59 Å². The summed E-state index contributed by atoms with van der Waals surface area (Å²) in [6, 6.07) is 15.1. The van der Waals surface area contributed by atoms with Crippen LogP contribution in [0, 0.1) is 0 Å². The predicted molar refractivity (Wildman–Crippen MR) is 88.6 cm³/mol. The maximum absolute atomic E-state index is 12.6. The van der Waals surface area contributed by atoms with Crippen LogP contribution < -0.4 is 10.2 Å². The van der Waals surface area contributed by atoms with E-state index in [2.05, 4.69) is 10.3 Å². The molecule has 1 aromatic heterocycles. The molecule has 2 aromatic carbocycles. The van der Waals surface area contributed by atoms with E-state index in [-0.39, 0.29) is 18.2 Å². The fraction of sp³-hybridized carbons (Fsp3) is 0.0556. The van der Waals surface area contributed by atoms with Crippen molar-refractivity contribution in [2.45, 2.75) is 6.42 Å². The molecule has 23 heavy (non-hydrogen) atoms. The van der Waals surface area contributed by atoms with Gasteiger partial charge in [-0.1, -0.05) is 30.3 Å². The Morgan fingerprint density at radius 1 is 1.00 bits per heavy atom. The van der Waals surface area contributed by atoms with Crippen LogP contribution in [0.15, 0.2) is 60.9 Å². The molecule has 0 spiro atoms. The molecule has 0 radical (unpaired) electrons. The van der Waals surface area contributed by atoms with Gasteiger partial charge in [-0.2, -0.15) is 0 Å². The van der Waals surface area contributed by atoms with E-state index < -0.39 is 0 Å². The molecule has 0 atom stereocenters. The zero-order valence-electron chi connectivity index (χ0n) is 12.2. The van der Waals surface area contributed by atoms with E-state index in [1.165, 1.54) is 0 Å². The van der Waals surface area contributed by atoms with Gasteiger partial charge >= 0.3 is 0 Å². The quantitative estimate of drug-likeness (QED) is 0.702. The number of anilines is 3. The second kappa shape index (κ2) is 5.21. The van der Waals surface area contributed by atoms with Gasteiger partial charge in [-0.15, -0.1) is 0 Å². The highest BCUT2D eigenvalue weighted by molar-refractivity contribution is 6.21. The van der Waals surface area contributed by atoms with E-state index in [0.717, 1.165) is 10.8 Å². The Labute approximate surface area is 132 Å². The number of pyridine rings is 1. The fourth-order valence-electron chi connectivity index (χ4n) is 2.88. The summed E-state index contributed by atoms with van der Waals surface area (Å²) in [7, 11) is 0. The minimum absolute atomic E-state index is 0.197. The smallest absolute Gasteiger partial charge is 0.241 e. The summed E-state index contributed by atoms with van der Waals surface area (Å²) in [4.78, 5) is 30.3. The first-order valence-corrected chi connectivity index (χ1v) is 7.28. The van der Waals surface area contributed by atoms with Gasteiger partial charge in [-0.3, -0.25) is 19.5 Å². The number of hydrogen-bond donors (Lipinski definition) is 1. The molecule has 5 nitrogen and oxygen atoms in total. The second-order valence-corrected chi connectivity index (χ2v) is 5.35. The Morgan fingerprint density at radius 2 is 1.87 bits per heavy atom. The zero-order valence-corrected chi connectivity index (χ0v) is 12.2. The van der Waals surface area contributed by atoms with Crippen molar-refractivity contribution in [2.75, 3.05) is 10.2 Å². The molecule has 0 aliphatic carbocycles. The van der Waals surface area contributed by atoms with Gasteiger partial charge < -0.3 is 5.32 Å². The van der Waals surface area contributed by atoms with Crippen LogP contribution in [0.1, 0.15) is 6.42 Å². The van der Waals surface area contributed by atoms with E-state index in [1.807, 2.05) is 36.4 Å². The molecule has 2 amide bonds. The Bertz CT molecular complexity index is 922. The van der Waals surface area contributed by atoms with Crippen LogP contribution in [0.4, 0.5) is 17.1 Å². The van der Waals surface area contributed by atoms with Crippen LogP contribution >= 0.6 is 0 Å². The fourth-order valence-corrected chi connectivity index (χ4v) is 2.88. The van der Waals surface area contributed by atoms with Crippen molar-refractivity contribution in [1.82, 2.24) is 4.98 Å². The van der Waals surface area contributed by atoms with E-state index in [4.69, 9.17) is 0 Å². The number of benzene rings is 2. The molecule has 0 saturated carbocycles. The maximum atomic E-state index is 12.6. The summed E-state index contributed by atoms with van der Waals surface area (Å²) in [6.07, 6.45) is 3.07. The predicted octanol–water partition coefficient (Wildman–Crippen LogP) is 3.24. The molecule has 0 unspecified atom stereocenters. The van der Waals surface area contributed by atoms with Crippen LogP contribution in [-0.4, -0.2) is 16.8 Å². The van der Waals surface area contributed by atoms with Crippen molar-refractivity contribution in [3.63, 3.8) is 0 Å². The lowest BCUT2D eigenvalue weighted by Gasteiger charge is -2.22. The molecule has 1 aliphatic heterocycles. The number of nitrogens with zero attached hydrogens (tertiary/aromatic N) is 2. The van der Waals surface area contributed by atoms with Crippen molar-refractivity contribution in [1.29, 1.82) is 0 Å². The molecule has 0 saturated heterocycles. The minimum atomic E-state index is -0.306. The highest BCUT2D eigenvalue weighted by Crippen LogP contribution is 2.39. The first kappa shape index (κ1) is 13.5. The topological polar surface area (TPSA) is 62.3 Å². The molecule has 2 heterocycles. The monoisotopic (exact) mass is 303 g/mol. The number of fused-ring (bicyclic) bond motifs is 3. The third kappa shape index (κ3) is 2.23. The first-order chi connectivity index (χ1) is 11.2. The van der Waals surface area contributed by atoms with Gasteiger partial charge in [0.2, 0.25) is 11.8 Å². The number of carbonyl (C=O) groups is 2. The highest BCUT2D eigenvalue weighted by atomic mass is 16.2. The molecule has 3 aromatic rings. The third-order valence-corrected chi connectivity index (χ3v) is 3.88. The van der Waals surface area contributed by atoms with Gasteiger partial charge in [0.1, 0.15) is 6.42 Å². The second-order valence-electron chi connectivity index (χ2n) is 5.35. The van der Waals surface area contributed by atoms with Crippen LogP contribution in [0.25, 0.3) is 10.8 Å². The number of aromatic nitrogens is 1. The lowest BCUT2D eigenvalue weighted by molar-refractivity contribution is -0.124.